The third-order valence-electron chi connectivity index (χ3n) is 4.25. The zero-order valence-electron chi connectivity index (χ0n) is 16.5. The van der Waals surface area contributed by atoms with Gasteiger partial charge >= 0.3 is 12.1 Å². The summed E-state index contributed by atoms with van der Waals surface area (Å²) in [5.74, 6) is -0.0647. The van der Waals surface area contributed by atoms with Crippen LogP contribution >= 0.6 is 11.3 Å². The van der Waals surface area contributed by atoms with Gasteiger partial charge in [-0.15, -0.1) is 11.3 Å². The largest absolute Gasteiger partial charge is 0.514 e. The van der Waals surface area contributed by atoms with Gasteiger partial charge in [0.05, 0.1) is 25.5 Å². The number of ether oxygens (including phenoxy) is 4. The van der Waals surface area contributed by atoms with Crippen LogP contribution in [0.4, 0.5) is 4.79 Å². The predicted molar refractivity (Wildman–Crippen MR) is 111 cm³/mol. The maximum absolute atomic E-state index is 12.3. The van der Waals surface area contributed by atoms with Crippen molar-refractivity contribution < 1.29 is 33.3 Å². The highest BCUT2D eigenvalue weighted by molar-refractivity contribution is 7.20. The molecule has 3 rings (SSSR count). The smallest absolute Gasteiger partial charge is 0.493 e. The fourth-order valence-corrected chi connectivity index (χ4v) is 3.74. The van der Waals surface area contributed by atoms with E-state index in [2.05, 4.69) is 4.74 Å². The molecule has 1 aromatic heterocycles. The monoisotopic (exact) mass is 428 g/mol. The van der Waals surface area contributed by atoms with Crippen molar-refractivity contribution >= 4 is 39.3 Å². The van der Waals surface area contributed by atoms with E-state index in [9.17, 15) is 14.4 Å². The Morgan fingerprint density at radius 1 is 0.933 bits per heavy atom. The van der Waals surface area contributed by atoms with E-state index >= 15 is 0 Å². The first-order chi connectivity index (χ1) is 14.5. The Hall–Kier alpha value is -3.39. The summed E-state index contributed by atoms with van der Waals surface area (Å²) in [5, 5.41) is 0.767. The van der Waals surface area contributed by atoms with Gasteiger partial charge in [0, 0.05) is 17.2 Å². The molecule has 0 bridgehead atoms. The molecule has 0 radical (unpaired) electrons. The number of benzene rings is 2. The van der Waals surface area contributed by atoms with Gasteiger partial charge in [-0.25, -0.2) is 4.79 Å². The first kappa shape index (κ1) is 21.3. The highest BCUT2D eigenvalue weighted by Gasteiger charge is 2.17. The minimum absolute atomic E-state index is 0.0223. The van der Waals surface area contributed by atoms with E-state index in [1.54, 1.807) is 18.2 Å². The van der Waals surface area contributed by atoms with Crippen LogP contribution < -0.4 is 9.47 Å². The van der Waals surface area contributed by atoms with E-state index in [1.165, 1.54) is 25.6 Å². The number of fused-ring (bicyclic) bond motifs is 1. The Morgan fingerprint density at radius 3 is 2.40 bits per heavy atom. The van der Waals surface area contributed by atoms with Gasteiger partial charge in [-0.05, 0) is 23.1 Å². The van der Waals surface area contributed by atoms with Crippen LogP contribution in [0.25, 0.3) is 10.1 Å². The molecule has 0 N–H and O–H groups in total. The SMILES string of the molecule is COC(=O)CCC(=O)c1cc2cc(OC)c(OC(=O)OCc3ccccc3)cc2s1. The molecule has 8 heteroatoms. The average Bonchev–Trinajstić information content (AvgIpc) is 3.18. The number of ketones is 1. The van der Waals surface area contributed by atoms with Crippen LogP contribution in [-0.4, -0.2) is 32.1 Å². The van der Waals surface area contributed by atoms with E-state index in [1.807, 2.05) is 30.3 Å². The fraction of sp³-hybridized carbons (Fsp3) is 0.227. The number of methoxy groups -OCH3 is 2. The number of esters is 1. The Kier molecular flexibility index (Phi) is 7.03. The lowest BCUT2D eigenvalue weighted by Crippen LogP contribution is -2.11. The summed E-state index contributed by atoms with van der Waals surface area (Å²) >= 11 is 1.25. The van der Waals surface area contributed by atoms with Crippen molar-refractivity contribution in [1.29, 1.82) is 0 Å². The number of hydrogen-bond donors (Lipinski definition) is 0. The van der Waals surface area contributed by atoms with Crippen molar-refractivity contribution in [2.24, 2.45) is 0 Å². The van der Waals surface area contributed by atoms with Crippen LogP contribution in [0.5, 0.6) is 11.5 Å². The topological polar surface area (TPSA) is 88.1 Å². The quantitative estimate of drug-likeness (QED) is 0.290. The molecule has 1 heterocycles. The van der Waals surface area contributed by atoms with Gasteiger partial charge in [0.25, 0.3) is 0 Å². The molecule has 0 atom stereocenters. The van der Waals surface area contributed by atoms with Crippen molar-refractivity contribution in [1.82, 2.24) is 0 Å². The van der Waals surface area contributed by atoms with Crippen molar-refractivity contribution in [2.45, 2.75) is 19.4 Å². The maximum atomic E-state index is 12.3. The third kappa shape index (κ3) is 5.36. The molecule has 0 amide bonds. The molecular weight excluding hydrogens is 408 g/mol. The Labute approximate surface area is 177 Å². The van der Waals surface area contributed by atoms with Crippen LogP contribution in [0.2, 0.25) is 0 Å². The molecule has 0 aliphatic heterocycles. The molecular formula is C22H20O7S. The fourth-order valence-electron chi connectivity index (χ4n) is 2.70. The molecule has 0 fully saturated rings. The Morgan fingerprint density at radius 2 is 1.70 bits per heavy atom. The highest BCUT2D eigenvalue weighted by Crippen LogP contribution is 2.37. The first-order valence-electron chi connectivity index (χ1n) is 9.10. The molecule has 156 valence electrons. The zero-order valence-corrected chi connectivity index (χ0v) is 17.3. The van der Waals surface area contributed by atoms with Gasteiger partial charge in [0.15, 0.2) is 17.3 Å². The number of hydrogen-bond acceptors (Lipinski definition) is 8. The maximum Gasteiger partial charge on any atom is 0.514 e. The summed E-state index contributed by atoms with van der Waals surface area (Å²) < 4.78 is 21.1. The minimum atomic E-state index is -0.859. The second kappa shape index (κ2) is 9.89. The molecule has 0 spiro atoms. The summed E-state index contributed by atoms with van der Waals surface area (Å²) in [6.45, 7) is 0.0854. The van der Waals surface area contributed by atoms with Crippen molar-refractivity contribution in [2.75, 3.05) is 14.2 Å². The second-order valence-electron chi connectivity index (χ2n) is 6.28. The van der Waals surface area contributed by atoms with Gasteiger partial charge in [-0.3, -0.25) is 9.59 Å². The number of Topliss-reactive ketones (excluding diaryl/α,β-unsaturated/α-hetero) is 1. The molecule has 0 aliphatic carbocycles. The molecule has 0 saturated heterocycles. The van der Waals surface area contributed by atoms with Crippen LogP contribution in [0.15, 0.2) is 48.5 Å². The zero-order chi connectivity index (χ0) is 21.5. The summed E-state index contributed by atoms with van der Waals surface area (Å²) in [5.41, 5.74) is 0.838. The van der Waals surface area contributed by atoms with Gasteiger partial charge in [0.2, 0.25) is 0 Å². The number of carbonyl (C=O) groups is 3. The molecule has 2 aromatic carbocycles. The van der Waals surface area contributed by atoms with Crippen molar-refractivity contribution in [3.8, 4) is 11.5 Å². The molecule has 0 saturated carbocycles. The van der Waals surface area contributed by atoms with E-state index in [0.29, 0.717) is 10.6 Å². The third-order valence-corrected chi connectivity index (χ3v) is 5.39. The lowest BCUT2D eigenvalue weighted by molar-refractivity contribution is -0.140. The molecule has 0 aliphatic rings. The predicted octanol–water partition coefficient (Wildman–Crippen LogP) is 4.76. The Balaban J connectivity index is 1.72. The normalized spacial score (nSPS) is 10.5. The van der Waals surface area contributed by atoms with E-state index < -0.39 is 12.1 Å². The van der Waals surface area contributed by atoms with Gasteiger partial charge in [-0.1, -0.05) is 30.3 Å². The summed E-state index contributed by atoms with van der Waals surface area (Å²) in [6, 6.07) is 14.3. The lowest BCUT2D eigenvalue weighted by atomic mass is 10.1. The number of carbonyl (C=O) groups excluding carboxylic acids is 3. The van der Waals surface area contributed by atoms with Crippen molar-refractivity contribution in [3.63, 3.8) is 0 Å². The van der Waals surface area contributed by atoms with E-state index in [0.717, 1.165) is 15.6 Å². The molecule has 3 aromatic rings. The Bertz CT molecular complexity index is 1060. The second-order valence-corrected chi connectivity index (χ2v) is 7.36. The molecule has 7 nitrogen and oxygen atoms in total. The van der Waals surface area contributed by atoms with Crippen LogP contribution in [0, 0.1) is 0 Å². The number of thiophene rings is 1. The summed E-state index contributed by atoms with van der Waals surface area (Å²) in [4.78, 5) is 36.2. The van der Waals surface area contributed by atoms with Gasteiger partial charge in [-0.2, -0.15) is 0 Å². The standard InChI is InChI=1S/C22H20O7S/c1-26-17-10-15-11-20(16(23)8-9-21(24)27-2)30-19(15)12-18(17)29-22(25)28-13-14-6-4-3-5-7-14/h3-7,10-12H,8-9,13H2,1-2H3. The summed E-state index contributed by atoms with van der Waals surface area (Å²) in [7, 11) is 2.74. The van der Waals surface area contributed by atoms with Crippen molar-refractivity contribution in [3.05, 3.63) is 59.0 Å². The molecule has 0 unspecified atom stereocenters. The minimum Gasteiger partial charge on any atom is -0.493 e. The lowest BCUT2D eigenvalue weighted by Gasteiger charge is -2.10. The first-order valence-corrected chi connectivity index (χ1v) is 9.92. The highest BCUT2D eigenvalue weighted by atomic mass is 32.1. The van der Waals surface area contributed by atoms with Crippen LogP contribution in [0.3, 0.4) is 0 Å². The number of rotatable bonds is 8. The van der Waals surface area contributed by atoms with Gasteiger partial charge < -0.3 is 18.9 Å². The van der Waals surface area contributed by atoms with Crippen LogP contribution in [-0.2, 0) is 20.9 Å². The van der Waals surface area contributed by atoms with Gasteiger partial charge in [0.1, 0.15) is 6.61 Å². The molecule has 30 heavy (non-hydrogen) atoms. The van der Waals surface area contributed by atoms with Crippen LogP contribution in [0.1, 0.15) is 28.1 Å². The van der Waals surface area contributed by atoms with E-state index in [4.69, 9.17) is 14.2 Å². The summed E-state index contributed by atoms with van der Waals surface area (Å²) in [6.07, 6.45) is -0.775. The average molecular weight is 428 g/mol. The van der Waals surface area contributed by atoms with E-state index in [-0.39, 0.29) is 31.0 Å².